The number of hydrogen-bond donors (Lipinski definition) is 0. The molecule has 0 N–H and O–H groups in total. The van der Waals surface area contributed by atoms with Gasteiger partial charge in [0, 0.05) is 6.54 Å². The molecule has 1 amide bonds. The summed E-state index contributed by atoms with van der Waals surface area (Å²) in [5.74, 6) is 1.25. The van der Waals surface area contributed by atoms with Gasteiger partial charge in [-0.25, -0.2) is 4.79 Å². The maximum atomic E-state index is 11.6. The Kier molecular flexibility index (Phi) is 4.07. The van der Waals surface area contributed by atoms with E-state index in [2.05, 4.69) is 13.8 Å². The van der Waals surface area contributed by atoms with E-state index in [4.69, 9.17) is 9.47 Å². The van der Waals surface area contributed by atoms with E-state index in [0.29, 0.717) is 19.1 Å². The van der Waals surface area contributed by atoms with Crippen LogP contribution >= 0.6 is 0 Å². The molecule has 4 heteroatoms. The number of para-hydroxylation sites is 1. The van der Waals surface area contributed by atoms with Gasteiger partial charge < -0.3 is 14.4 Å². The van der Waals surface area contributed by atoms with Gasteiger partial charge in [0.05, 0.1) is 6.54 Å². The van der Waals surface area contributed by atoms with Crippen molar-refractivity contribution in [3.8, 4) is 5.75 Å². The Hall–Kier alpha value is -1.71. The summed E-state index contributed by atoms with van der Waals surface area (Å²) < 4.78 is 10.8. The van der Waals surface area contributed by atoms with Crippen molar-refractivity contribution in [2.75, 3.05) is 19.7 Å². The number of cyclic esters (lactones) is 1. The Morgan fingerprint density at radius 1 is 1.39 bits per heavy atom. The van der Waals surface area contributed by atoms with E-state index in [9.17, 15) is 4.79 Å². The molecule has 1 aromatic carbocycles. The van der Waals surface area contributed by atoms with Gasteiger partial charge in [-0.2, -0.15) is 0 Å². The van der Waals surface area contributed by atoms with E-state index in [1.165, 1.54) is 0 Å². The number of carbonyl (C=O) groups excluding carboxylic acids is 1. The number of hydrogen-bond acceptors (Lipinski definition) is 3. The average Bonchev–Trinajstić information content (AvgIpc) is 2.68. The molecular formula is C14H19NO3. The van der Waals surface area contributed by atoms with Crippen molar-refractivity contribution in [2.24, 2.45) is 5.92 Å². The summed E-state index contributed by atoms with van der Waals surface area (Å²) in [5.41, 5.74) is 0. The number of nitrogens with zero attached hydrogens (tertiary/aromatic N) is 1. The van der Waals surface area contributed by atoms with Gasteiger partial charge in [0.25, 0.3) is 0 Å². The van der Waals surface area contributed by atoms with Crippen LogP contribution in [0.1, 0.15) is 13.8 Å². The van der Waals surface area contributed by atoms with Gasteiger partial charge in [-0.3, -0.25) is 0 Å². The fourth-order valence-electron chi connectivity index (χ4n) is 1.96. The molecule has 1 atom stereocenters. The Labute approximate surface area is 107 Å². The van der Waals surface area contributed by atoms with Crippen LogP contribution < -0.4 is 4.74 Å². The lowest BCUT2D eigenvalue weighted by molar-refractivity contribution is 0.102. The third-order valence-electron chi connectivity index (χ3n) is 2.71. The predicted octanol–water partition coefficient (Wildman–Crippen LogP) is 2.54. The summed E-state index contributed by atoms with van der Waals surface area (Å²) >= 11 is 0. The van der Waals surface area contributed by atoms with Crippen molar-refractivity contribution in [2.45, 2.75) is 20.0 Å². The van der Waals surface area contributed by atoms with Crippen LogP contribution in [0.2, 0.25) is 0 Å². The highest BCUT2D eigenvalue weighted by Crippen LogP contribution is 2.15. The summed E-state index contributed by atoms with van der Waals surface area (Å²) in [5, 5.41) is 0. The third-order valence-corrected chi connectivity index (χ3v) is 2.71. The molecule has 1 aliphatic heterocycles. The molecule has 1 unspecified atom stereocenters. The summed E-state index contributed by atoms with van der Waals surface area (Å²) in [6.07, 6.45) is -0.401. The van der Waals surface area contributed by atoms with Crippen molar-refractivity contribution in [3.63, 3.8) is 0 Å². The Balaban J connectivity index is 1.80. The highest BCUT2D eigenvalue weighted by atomic mass is 16.6. The molecule has 1 heterocycles. The quantitative estimate of drug-likeness (QED) is 0.805. The van der Waals surface area contributed by atoms with Crippen molar-refractivity contribution >= 4 is 6.09 Å². The third kappa shape index (κ3) is 3.39. The first-order valence-corrected chi connectivity index (χ1v) is 6.28. The molecule has 1 fully saturated rings. The number of benzene rings is 1. The first-order valence-electron chi connectivity index (χ1n) is 6.28. The second-order valence-corrected chi connectivity index (χ2v) is 4.93. The van der Waals surface area contributed by atoms with Crippen LogP contribution in [-0.2, 0) is 4.74 Å². The summed E-state index contributed by atoms with van der Waals surface area (Å²) in [6.45, 7) is 5.93. The Morgan fingerprint density at radius 3 is 2.78 bits per heavy atom. The van der Waals surface area contributed by atoms with Gasteiger partial charge in [-0.1, -0.05) is 32.0 Å². The van der Waals surface area contributed by atoms with E-state index >= 15 is 0 Å². The lowest BCUT2D eigenvalue weighted by Gasteiger charge is -2.15. The Bertz CT molecular complexity index is 391. The maximum Gasteiger partial charge on any atom is 0.410 e. The van der Waals surface area contributed by atoms with E-state index in [0.717, 1.165) is 12.3 Å². The molecule has 0 saturated carbocycles. The standard InChI is InChI=1S/C14H19NO3/c1-11(2)8-15-9-13(18-14(15)16)10-17-12-6-4-3-5-7-12/h3-7,11,13H,8-10H2,1-2H3. The summed E-state index contributed by atoms with van der Waals surface area (Å²) in [4.78, 5) is 13.3. The van der Waals surface area contributed by atoms with Crippen LogP contribution in [0.25, 0.3) is 0 Å². The smallest absolute Gasteiger partial charge is 0.410 e. The molecular weight excluding hydrogens is 230 g/mol. The Morgan fingerprint density at radius 2 is 2.11 bits per heavy atom. The first kappa shape index (κ1) is 12.7. The molecule has 1 aromatic rings. The van der Waals surface area contributed by atoms with Crippen molar-refractivity contribution in [3.05, 3.63) is 30.3 Å². The zero-order valence-corrected chi connectivity index (χ0v) is 10.8. The monoisotopic (exact) mass is 249 g/mol. The minimum absolute atomic E-state index is 0.170. The normalized spacial score (nSPS) is 19.2. The van der Waals surface area contributed by atoms with Gasteiger partial charge in [0.15, 0.2) is 6.10 Å². The fraction of sp³-hybridized carbons (Fsp3) is 0.500. The lowest BCUT2D eigenvalue weighted by atomic mass is 10.2. The van der Waals surface area contributed by atoms with Gasteiger partial charge >= 0.3 is 6.09 Å². The number of rotatable bonds is 5. The van der Waals surface area contributed by atoms with E-state index in [1.807, 2.05) is 30.3 Å². The zero-order chi connectivity index (χ0) is 13.0. The molecule has 4 nitrogen and oxygen atoms in total. The van der Waals surface area contributed by atoms with E-state index in [1.54, 1.807) is 4.90 Å². The van der Waals surface area contributed by atoms with Crippen LogP contribution in [0, 0.1) is 5.92 Å². The molecule has 98 valence electrons. The largest absolute Gasteiger partial charge is 0.490 e. The highest BCUT2D eigenvalue weighted by Gasteiger charge is 2.31. The van der Waals surface area contributed by atoms with E-state index in [-0.39, 0.29) is 12.2 Å². The molecule has 0 aliphatic carbocycles. The molecule has 0 aromatic heterocycles. The topological polar surface area (TPSA) is 38.8 Å². The maximum absolute atomic E-state index is 11.6. The van der Waals surface area contributed by atoms with Crippen molar-refractivity contribution in [1.29, 1.82) is 0 Å². The summed E-state index contributed by atoms with van der Waals surface area (Å²) in [6, 6.07) is 9.56. The van der Waals surface area contributed by atoms with Gasteiger partial charge in [0.1, 0.15) is 12.4 Å². The molecule has 0 radical (unpaired) electrons. The molecule has 1 saturated heterocycles. The predicted molar refractivity (Wildman–Crippen MR) is 68.6 cm³/mol. The van der Waals surface area contributed by atoms with Crippen LogP contribution in [0.3, 0.4) is 0 Å². The molecule has 0 bridgehead atoms. The van der Waals surface area contributed by atoms with E-state index < -0.39 is 0 Å². The van der Waals surface area contributed by atoms with Crippen LogP contribution in [0.4, 0.5) is 4.79 Å². The molecule has 2 rings (SSSR count). The van der Waals surface area contributed by atoms with Crippen LogP contribution in [0.5, 0.6) is 5.75 Å². The minimum atomic E-state index is -0.231. The van der Waals surface area contributed by atoms with Crippen molar-refractivity contribution < 1.29 is 14.3 Å². The first-order chi connectivity index (χ1) is 8.65. The second kappa shape index (κ2) is 5.76. The lowest BCUT2D eigenvalue weighted by Crippen LogP contribution is -2.30. The minimum Gasteiger partial charge on any atom is -0.490 e. The second-order valence-electron chi connectivity index (χ2n) is 4.93. The van der Waals surface area contributed by atoms with Gasteiger partial charge in [0.2, 0.25) is 0 Å². The number of carbonyl (C=O) groups is 1. The highest BCUT2D eigenvalue weighted by molar-refractivity contribution is 5.69. The zero-order valence-electron chi connectivity index (χ0n) is 10.8. The van der Waals surface area contributed by atoms with Crippen molar-refractivity contribution in [1.82, 2.24) is 4.90 Å². The average molecular weight is 249 g/mol. The molecule has 18 heavy (non-hydrogen) atoms. The van der Waals surface area contributed by atoms with Gasteiger partial charge in [-0.15, -0.1) is 0 Å². The van der Waals surface area contributed by atoms with Crippen LogP contribution in [-0.4, -0.2) is 36.8 Å². The molecule has 1 aliphatic rings. The van der Waals surface area contributed by atoms with Crippen LogP contribution in [0.15, 0.2) is 30.3 Å². The fourth-order valence-corrected chi connectivity index (χ4v) is 1.96. The molecule has 0 spiro atoms. The SMILES string of the molecule is CC(C)CN1CC(COc2ccccc2)OC1=O. The number of amides is 1. The number of ether oxygens (including phenoxy) is 2. The van der Waals surface area contributed by atoms with Gasteiger partial charge in [-0.05, 0) is 18.1 Å². The summed E-state index contributed by atoms with van der Waals surface area (Å²) in [7, 11) is 0.